The number of carbonyl (C=O) groups excluding carboxylic acids is 7. The number of carbonyl (C=O) groups is 7. The number of nitrogens with one attached hydrogen (secondary N) is 6. The predicted molar refractivity (Wildman–Crippen MR) is 255 cm³/mol. The Morgan fingerprint density at radius 1 is 0.824 bits per heavy atom. The van der Waals surface area contributed by atoms with Crippen LogP contribution >= 0.6 is 0 Å². The van der Waals surface area contributed by atoms with Crippen LogP contribution in [0.25, 0.3) is 0 Å². The van der Waals surface area contributed by atoms with Crippen LogP contribution in [0, 0.1) is 23.3 Å². The number of imide groups is 1. The van der Waals surface area contributed by atoms with E-state index in [0.717, 1.165) is 42.7 Å². The van der Waals surface area contributed by atoms with Crippen LogP contribution in [0.4, 0.5) is 21.9 Å². The molecule has 5 rings (SSSR count). The monoisotopic (exact) mass is 931 g/mol. The van der Waals surface area contributed by atoms with E-state index in [1.54, 1.807) is 80.8 Å². The summed E-state index contributed by atoms with van der Waals surface area (Å²) in [6, 6.07) is 15.2. The Balaban J connectivity index is 0.956. The fourth-order valence-electron chi connectivity index (χ4n) is 7.61. The van der Waals surface area contributed by atoms with Gasteiger partial charge in [0, 0.05) is 67.9 Å². The number of aromatic nitrogens is 1. The van der Waals surface area contributed by atoms with Crippen molar-refractivity contribution in [3.63, 3.8) is 0 Å². The number of benzene rings is 2. The zero-order chi connectivity index (χ0) is 48.8. The summed E-state index contributed by atoms with van der Waals surface area (Å²) in [4.78, 5) is 99.1. The Morgan fingerprint density at radius 3 is 2.25 bits per heavy atom. The molecule has 6 N–H and O–H groups in total. The summed E-state index contributed by atoms with van der Waals surface area (Å²) in [7, 11) is 0. The first-order valence-corrected chi connectivity index (χ1v) is 23.0. The molecule has 68 heavy (non-hydrogen) atoms. The van der Waals surface area contributed by atoms with E-state index in [2.05, 4.69) is 41.9 Å². The number of likely N-dealkylation sites (tertiary alicyclic amines) is 1. The highest BCUT2D eigenvalue weighted by atomic mass is 16.5. The van der Waals surface area contributed by atoms with Crippen molar-refractivity contribution in [1.82, 2.24) is 30.7 Å². The number of amides is 7. The lowest BCUT2D eigenvalue weighted by Gasteiger charge is -2.32. The normalized spacial score (nSPS) is 14.7. The lowest BCUT2D eigenvalue weighted by atomic mass is 9.91. The van der Waals surface area contributed by atoms with E-state index in [-0.39, 0.29) is 49.1 Å². The van der Waals surface area contributed by atoms with Gasteiger partial charge in [0.15, 0.2) is 0 Å². The van der Waals surface area contributed by atoms with Gasteiger partial charge < -0.3 is 36.2 Å². The summed E-state index contributed by atoms with van der Waals surface area (Å²) >= 11 is 0. The first-order chi connectivity index (χ1) is 32.8. The van der Waals surface area contributed by atoms with Crippen LogP contribution < -0.4 is 31.9 Å². The number of piperidine rings is 1. The fourth-order valence-corrected chi connectivity index (χ4v) is 7.61. The van der Waals surface area contributed by atoms with Gasteiger partial charge in [0.05, 0.1) is 11.9 Å². The van der Waals surface area contributed by atoms with E-state index >= 15 is 0 Å². The molecule has 2 aliphatic heterocycles. The Morgan fingerprint density at radius 2 is 1.56 bits per heavy atom. The van der Waals surface area contributed by atoms with Crippen LogP contribution in [0.3, 0.4) is 0 Å². The topological polar surface area (TPSA) is 256 Å². The summed E-state index contributed by atoms with van der Waals surface area (Å²) in [6.45, 7) is 7.29. The van der Waals surface area contributed by atoms with Gasteiger partial charge in [-0.25, -0.2) is 4.79 Å². The number of pyridine rings is 1. The molecule has 0 radical (unpaired) electrons. The third-order valence-electron chi connectivity index (χ3n) is 11.5. The van der Waals surface area contributed by atoms with Crippen LogP contribution in [0.2, 0.25) is 0 Å². The average molecular weight is 932 g/mol. The molecule has 2 aliphatic rings. The van der Waals surface area contributed by atoms with Crippen LogP contribution in [0.5, 0.6) is 0 Å². The van der Waals surface area contributed by atoms with Crippen LogP contribution in [0.1, 0.15) is 94.5 Å². The molecule has 19 nitrogen and oxygen atoms in total. The van der Waals surface area contributed by atoms with Crippen molar-refractivity contribution >= 4 is 64.6 Å². The van der Waals surface area contributed by atoms with Crippen molar-refractivity contribution in [2.75, 3.05) is 42.1 Å². The van der Waals surface area contributed by atoms with Crippen molar-refractivity contribution in [3.05, 3.63) is 96.3 Å². The molecule has 0 bridgehead atoms. The zero-order valence-electron chi connectivity index (χ0n) is 38.8. The molecule has 7 amide bonds. The molecule has 0 unspecified atom stereocenters. The number of guanidine groups is 1. The fraction of sp³-hybridized carbons (Fsp3) is 0.429. The number of aliphatic imine (C=N–C) groups is 1. The predicted octanol–water partition coefficient (Wildman–Crippen LogP) is 5.46. The van der Waals surface area contributed by atoms with Gasteiger partial charge >= 0.3 is 6.09 Å². The van der Waals surface area contributed by atoms with Crippen molar-refractivity contribution in [1.29, 1.82) is 5.26 Å². The molecule has 3 aromatic rings. The van der Waals surface area contributed by atoms with E-state index in [1.165, 1.54) is 19.1 Å². The van der Waals surface area contributed by atoms with Gasteiger partial charge in [-0.15, -0.1) is 4.99 Å². The Kier molecular flexibility index (Phi) is 20.0. The number of hydrogen-bond donors (Lipinski definition) is 6. The van der Waals surface area contributed by atoms with Crippen molar-refractivity contribution < 1.29 is 38.3 Å². The first kappa shape index (κ1) is 51.4. The number of ether oxygens (including phenoxy) is 1. The largest absolute Gasteiger partial charge is 0.444 e. The van der Waals surface area contributed by atoms with Gasteiger partial charge in [0.1, 0.15) is 18.7 Å². The maximum absolute atomic E-state index is 13.4. The van der Waals surface area contributed by atoms with Gasteiger partial charge in [-0.05, 0) is 98.9 Å². The average Bonchev–Trinajstić information content (AvgIpc) is 3.65. The Labute approximate surface area is 396 Å². The standard InChI is InChI=1S/C49H61N11O8/c1-33(2)44(58-41(61)15-5-4-8-26-60-42(62)20-21-43(60)63)46(65)54-34(3)45(64)55-38-18-16-36(17-19-38)31-68-49(67)57-39-13-9-12-37(29-39)47(66)59-27-22-35(23-28-59)11-6-7-25-52-48(53-32-50)56-40-14-10-24-51-30-40/h9-10,12-14,16-21,24,29-30,33-35,44H,4-8,11,15,22-23,25-28,31H2,1-3H3,(H,54,65)(H,55,64)(H,57,67)(H,58,61)(H2,52,53,56)/t34-,44-/m0/s1. The molecule has 0 spiro atoms. The highest BCUT2D eigenvalue weighted by Crippen LogP contribution is 2.24. The molecule has 19 heteroatoms. The highest BCUT2D eigenvalue weighted by molar-refractivity contribution is 6.12. The van der Waals surface area contributed by atoms with Crippen LogP contribution in [0.15, 0.2) is 90.2 Å². The number of nitriles is 1. The minimum atomic E-state index is -0.927. The van der Waals surface area contributed by atoms with Crippen molar-refractivity contribution in [2.45, 2.75) is 97.2 Å². The number of hydrogen-bond acceptors (Lipinski definition) is 11. The molecule has 3 heterocycles. The molecular weight excluding hydrogens is 871 g/mol. The summed E-state index contributed by atoms with van der Waals surface area (Å²) in [5.74, 6) is -1.44. The SMILES string of the molecule is CC(C)[C@H](NC(=O)CCCCCN1C(=O)C=CC1=O)C(=O)N[C@@H](C)C(=O)Nc1ccc(COC(=O)Nc2cccc(C(=O)N3CCC(CCCCN/C(=N\C#N)Nc4cccnc4)CC3)c2)cc1. The van der Waals surface area contributed by atoms with Gasteiger partial charge in [-0.3, -0.25) is 44.0 Å². The van der Waals surface area contributed by atoms with E-state index < -0.39 is 30.0 Å². The first-order valence-electron chi connectivity index (χ1n) is 23.0. The van der Waals surface area contributed by atoms with E-state index in [0.29, 0.717) is 73.3 Å². The van der Waals surface area contributed by atoms with E-state index in [9.17, 15) is 33.6 Å². The van der Waals surface area contributed by atoms with Crippen LogP contribution in [-0.2, 0) is 35.3 Å². The molecule has 2 aromatic carbocycles. The molecule has 360 valence electrons. The van der Waals surface area contributed by atoms with Crippen LogP contribution in [-0.4, -0.2) is 101 Å². The molecular formula is C49H61N11O8. The van der Waals surface area contributed by atoms with Gasteiger partial charge in [-0.2, -0.15) is 5.26 Å². The molecule has 1 saturated heterocycles. The zero-order valence-corrected chi connectivity index (χ0v) is 38.8. The summed E-state index contributed by atoms with van der Waals surface area (Å²) in [6.07, 6.45) is 13.5. The second kappa shape index (κ2) is 26.5. The summed E-state index contributed by atoms with van der Waals surface area (Å²) < 4.78 is 5.42. The molecule has 2 atom stereocenters. The number of unbranched alkanes of at least 4 members (excludes halogenated alkanes) is 3. The van der Waals surface area contributed by atoms with Gasteiger partial charge in [0.25, 0.3) is 17.7 Å². The quantitative estimate of drug-likeness (QED) is 0.0242. The molecule has 1 fully saturated rings. The Bertz CT molecular complexity index is 2310. The smallest absolute Gasteiger partial charge is 0.411 e. The van der Waals surface area contributed by atoms with Crippen molar-refractivity contribution in [2.24, 2.45) is 16.8 Å². The maximum Gasteiger partial charge on any atom is 0.411 e. The van der Waals surface area contributed by atoms with Gasteiger partial charge in [0.2, 0.25) is 29.9 Å². The molecule has 0 saturated carbocycles. The molecule has 0 aliphatic carbocycles. The second-order valence-electron chi connectivity index (χ2n) is 17.0. The summed E-state index contributed by atoms with van der Waals surface area (Å²) in [5.41, 5.74) is 2.73. The number of rotatable bonds is 22. The third-order valence-corrected chi connectivity index (χ3v) is 11.5. The van der Waals surface area contributed by atoms with E-state index in [4.69, 9.17) is 10.00 Å². The number of nitrogens with zero attached hydrogens (tertiary/aromatic N) is 5. The lowest BCUT2D eigenvalue weighted by molar-refractivity contribution is -0.137. The highest BCUT2D eigenvalue weighted by Gasteiger charge is 2.28. The Hall–Kier alpha value is -7.62. The maximum atomic E-state index is 13.4. The number of anilines is 3. The summed E-state index contributed by atoms with van der Waals surface area (Å²) in [5, 5.41) is 26.1. The van der Waals surface area contributed by atoms with E-state index in [1.807, 2.05) is 17.2 Å². The minimum Gasteiger partial charge on any atom is -0.444 e. The molecule has 1 aromatic heterocycles. The van der Waals surface area contributed by atoms with Crippen molar-refractivity contribution in [3.8, 4) is 6.19 Å². The third kappa shape index (κ3) is 16.7. The second-order valence-corrected chi connectivity index (χ2v) is 17.0. The minimum absolute atomic E-state index is 0.0584. The van der Waals surface area contributed by atoms with Gasteiger partial charge in [-0.1, -0.05) is 51.3 Å². The lowest BCUT2D eigenvalue weighted by Crippen LogP contribution is -2.53.